The molecule has 1 N–H and O–H groups in total. The van der Waals surface area contributed by atoms with Crippen LogP contribution in [0.1, 0.15) is 51.9 Å². The molecule has 0 aliphatic carbocycles. The zero-order valence-electron chi connectivity index (χ0n) is 12.7. The Hall–Kier alpha value is -0.120. The second-order valence-corrected chi connectivity index (χ2v) is 6.58. The molecule has 2 saturated heterocycles. The largest absolute Gasteiger partial charge is 0.396 e. The second kappa shape index (κ2) is 8.23. The Kier molecular flexibility index (Phi) is 6.62. The van der Waals surface area contributed by atoms with E-state index in [1.165, 1.54) is 71.2 Å². The molecule has 2 aliphatic rings. The summed E-state index contributed by atoms with van der Waals surface area (Å²) < 4.78 is 0. The Morgan fingerprint density at radius 1 is 0.895 bits per heavy atom. The van der Waals surface area contributed by atoms with E-state index < -0.39 is 0 Å². The van der Waals surface area contributed by atoms with Gasteiger partial charge in [-0.3, -0.25) is 0 Å². The summed E-state index contributed by atoms with van der Waals surface area (Å²) in [6, 6.07) is 0.862. The molecule has 2 rings (SSSR count). The maximum Gasteiger partial charge on any atom is 0.0431 e. The van der Waals surface area contributed by atoms with E-state index in [1.54, 1.807) is 0 Å². The number of piperidine rings is 2. The number of hydrogen-bond acceptors (Lipinski definition) is 3. The molecule has 19 heavy (non-hydrogen) atoms. The Labute approximate surface area is 119 Å². The third-order valence-electron chi connectivity index (χ3n) is 5.02. The highest BCUT2D eigenvalue weighted by Gasteiger charge is 2.26. The van der Waals surface area contributed by atoms with Gasteiger partial charge in [0.2, 0.25) is 0 Å². The van der Waals surface area contributed by atoms with Gasteiger partial charge in [0.05, 0.1) is 0 Å². The van der Waals surface area contributed by atoms with Crippen molar-refractivity contribution in [2.45, 2.75) is 57.9 Å². The maximum absolute atomic E-state index is 8.78. The fourth-order valence-electron chi connectivity index (χ4n) is 3.53. The highest BCUT2D eigenvalue weighted by molar-refractivity contribution is 4.82. The number of likely N-dealkylation sites (tertiary alicyclic amines) is 2. The van der Waals surface area contributed by atoms with Gasteiger partial charge < -0.3 is 14.9 Å². The Bertz CT molecular complexity index is 231. The molecular weight excluding hydrogens is 236 g/mol. The molecule has 0 saturated carbocycles. The summed E-state index contributed by atoms with van der Waals surface area (Å²) in [4.78, 5) is 5.38. The lowest BCUT2D eigenvalue weighted by atomic mass is 9.95. The lowest BCUT2D eigenvalue weighted by Crippen LogP contribution is -2.47. The van der Waals surface area contributed by atoms with E-state index in [2.05, 4.69) is 16.7 Å². The summed E-state index contributed by atoms with van der Waals surface area (Å²) >= 11 is 0. The lowest BCUT2D eigenvalue weighted by Gasteiger charge is -2.41. The number of nitrogens with zero attached hydrogens (tertiary/aromatic N) is 2. The third-order valence-corrected chi connectivity index (χ3v) is 5.02. The quantitative estimate of drug-likeness (QED) is 0.749. The molecule has 0 spiro atoms. The molecule has 112 valence electrons. The average Bonchev–Trinajstić information content (AvgIpc) is 2.45. The van der Waals surface area contributed by atoms with Crippen LogP contribution in [0.15, 0.2) is 0 Å². The molecular formula is C16H32N2O. The summed E-state index contributed by atoms with van der Waals surface area (Å²) in [5.41, 5.74) is 0. The van der Waals surface area contributed by atoms with Crippen LogP contribution in [0, 0.1) is 5.92 Å². The van der Waals surface area contributed by atoms with Gasteiger partial charge >= 0.3 is 0 Å². The fraction of sp³-hybridized carbons (Fsp3) is 1.00. The zero-order chi connectivity index (χ0) is 13.5. The second-order valence-electron chi connectivity index (χ2n) is 6.58. The summed E-state index contributed by atoms with van der Waals surface area (Å²) in [5.74, 6) is 0.947. The Balaban J connectivity index is 1.59. The molecule has 0 amide bonds. The van der Waals surface area contributed by atoms with Crippen molar-refractivity contribution in [2.75, 3.05) is 39.3 Å². The van der Waals surface area contributed by atoms with Gasteiger partial charge in [-0.05, 0) is 83.6 Å². The highest BCUT2D eigenvalue weighted by Crippen LogP contribution is 2.23. The molecule has 0 atom stereocenters. The first-order valence-electron chi connectivity index (χ1n) is 8.37. The van der Waals surface area contributed by atoms with Crippen LogP contribution in [0.5, 0.6) is 0 Å². The van der Waals surface area contributed by atoms with Crippen LogP contribution >= 0.6 is 0 Å². The minimum absolute atomic E-state index is 0.357. The maximum atomic E-state index is 8.78. The molecule has 3 heteroatoms. The summed E-state index contributed by atoms with van der Waals surface area (Å²) in [7, 11) is 0. The monoisotopic (exact) mass is 268 g/mol. The Morgan fingerprint density at radius 2 is 1.58 bits per heavy atom. The van der Waals surface area contributed by atoms with Crippen LogP contribution in [-0.2, 0) is 0 Å². The molecule has 2 aliphatic heterocycles. The van der Waals surface area contributed by atoms with Crippen molar-refractivity contribution in [3.8, 4) is 0 Å². The number of unbranched alkanes of at least 4 members (excludes halogenated alkanes) is 2. The average molecular weight is 268 g/mol. The molecule has 3 nitrogen and oxygen atoms in total. The van der Waals surface area contributed by atoms with E-state index in [0.717, 1.165) is 18.4 Å². The molecule has 0 bridgehead atoms. The predicted molar refractivity (Wildman–Crippen MR) is 80.4 cm³/mol. The first-order chi connectivity index (χ1) is 9.29. The van der Waals surface area contributed by atoms with Crippen LogP contribution in [-0.4, -0.2) is 60.3 Å². The number of aliphatic hydroxyl groups is 1. The minimum atomic E-state index is 0.357. The number of aliphatic hydroxyl groups excluding tert-OH is 1. The predicted octanol–water partition coefficient (Wildman–Crippen LogP) is 2.35. The van der Waals surface area contributed by atoms with Gasteiger partial charge in [0.15, 0.2) is 0 Å². The summed E-state index contributed by atoms with van der Waals surface area (Å²) in [5, 5.41) is 8.78. The van der Waals surface area contributed by atoms with Gasteiger partial charge in [-0.15, -0.1) is 0 Å². The molecule has 0 aromatic rings. The number of rotatable bonds is 6. The lowest BCUT2D eigenvalue weighted by molar-refractivity contribution is 0.0796. The van der Waals surface area contributed by atoms with Gasteiger partial charge in [0, 0.05) is 12.6 Å². The molecule has 2 heterocycles. The van der Waals surface area contributed by atoms with Crippen LogP contribution in [0.25, 0.3) is 0 Å². The van der Waals surface area contributed by atoms with E-state index >= 15 is 0 Å². The molecule has 2 fully saturated rings. The molecule has 0 aromatic heterocycles. The van der Waals surface area contributed by atoms with Crippen LogP contribution in [0.4, 0.5) is 0 Å². The van der Waals surface area contributed by atoms with E-state index in [9.17, 15) is 0 Å². The minimum Gasteiger partial charge on any atom is -0.396 e. The van der Waals surface area contributed by atoms with E-state index in [-0.39, 0.29) is 0 Å². The first-order valence-corrected chi connectivity index (χ1v) is 8.37. The van der Waals surface area contributed by atoms with Gasteiger partial charge in [0.25, 0.3) is 0 Å². The summed E-state index contributed by atoms with van der Waals surface area (Å²) in [6.07, 6.45) is 8.96. The van der Waals surface area contributed by atoms with Crippen molar-refractivity contribution in [1.29, 1.82) is 0 Å². The topological polar surface area (TPSA) is 26.7 Å². The molecule has 0 radical (unpaired) electrons. The third kappa shape index (κ3) is 5.05. The van der Waals surface area contributed by atoms with Crippen molar-refractivity contribution in [3.63, 3.8) is 0 Å². The SMILES string of the molecule is CC1CCN(C2CCN(CCCCCO)CC2)CC1. The van der Waals surface area contributed by atoms with Gasteiger partial charge in [-0.1, -0.05) is 6.92 Å². The van der Waals surface area contributed by atoms with Crippen molar-refractivity contribution >= 4 is 0 Å². The van der Waals surface area contributed by atoms with Crippen LogP contribution < -0.4 is 0 Å². The van der Waals surface area contributed by atoms with Crippen molar-refractivity contribution in [2.24, 2.45) is 5.92 Å². The van der Waals surface area contributed by atoms with Crippen molar-refractivity contribution < 1.29 is 5.11 Å². The van der Waals surface area contributed by atoms with Crippen molar-refractivity contribution in [1.82, 2.24) is 9.80 Å². The van der Waals surface area contributed by atoms with Gasteiger partial charge in [0.1, 0.15) is 0 Å². The fourth-order valence-corrected chi connectivity index (χ4v) is 3.53. The van der Waals surface area contributed by atoms with Crippen LogP contribution in [0.3, 0.4) is 0 Å². The van der Waals surface area contributed by atoms with Crippen LogP contribution in [0.2, 0.25) is 0 Å². The van der Waals surface area contributed by atoms with Crippen molar-refractivity contribution in [3.05, 3.63) is 0 Å². The van der Waals surface area contributed by atoms with E-state index in [1.807, 2.05) is 0 Å². The van der Waals surface area contributed by atoms with E-state index in [0.29, 0.717) is 6.61 Å². The zero-order valence-corrected chi connectivity index (χ0v) is 12.7. The normalized spacial score (nSPS) is 24.9. The van der Waals surface area contributed by atoms with Gasteiger partial charge in [-0.25, -0.2) is 0 Å². The standard InChI is InChI=1S/C16H32N2O/c1-15-5-12-18(13-6-15)16-7-10-17(11-8-16)9-3-2-4-14-19/h15-16,19H,2-14H2,1H3. The highest BCUT2D eigenvalue weighted by atomic mass is 16.2. The summed E-state index contributed by atoms with van der Waals surface area (Å²) in [6.45, 7) is 9.24. The first kappa shape index (κ1) is 15.3. The molecule has 0 aromatic carbocycles. The number of hydrogen-bond donors (Lipinski definition) is 1. The molecule has 0 unspecified atom stereocenters. The van der Waals surface area contributed by atoms with E-state index in [4.69, 9.17) is 5.11 Å². The Morgan fingerprint density at radius 3 is 2.21 bits per heavy atom. The van der Waals surface area contributed by atoms with Gasteiger partial charge in [-0.2, -0.15) is 0 Å². The smallest absolute Gasteiger partial charge is 0.0431 e.